The number of hydrogen-bond donors (Lipinski definition) is 0. The number of Topliss-reactive ketones (excluding diaryl/α,β-unsaturated/α-hetero) is 1. The van der Waals surface area contributed by atoms with Crippen LogP contribution in [0.25, 0.3) is 0 Å². The number of ketones is 1. The highest BCUT2D eigenvalue weighted by Gasteiger charge is 2.64. The van der Waals surface area contributed by atoms with Gasteiger partial charge in [0, 0.05) is 29.0 Å². The van der Waals surface area contributed by atoms with Crippen LogP contribution in [-0.4, -0.2) is 5.78 Å². The molecule has 1 aromatic carbocycles. The monoisotopic (exact) mass is 289 g/mol. The second-order valence-electron chi connectivity index (χ2n) is 6.71. The first kappa shape index (κ1) is 13.7. The lowest BCUT2D eigenvalue weighted by atomic mass is 9.70. The largest absolute Gasteiger partial charge is 0.294 e. The summed E-state index contributed by atoms with van der Waals surface area (Å²) in [5, 5.41) is 0. The van der Waals surface area contributed by atoms with E-state index in [0.717, 1.165) is 24.1 Å². The van der Waals surface area contributed by atoms with E-state index in [1.165, 1.54) is 0 Å². The molecule has 0 aliphatic heterocycles. The minimum atomic E-state index is -0.224. The van der Waals surface area contributed by atoms with E-state index in [1.54, 1.807) is 4.42 Å². The van der Waals surface area contributed by atoms with Gasteiger partial charge >= 0.3 is 0 Å². The van der Waals surface area contributed by atoms with E-state index in [9.17, 15) is 4.79 Å². The molecule has 0 saturated heterocycles. The van der Waals surface area contributed by atoms with Crippen LogP contribution in [0.4, 0.5) is 5.69 Å². The van der Waals surface area contributed by atoms with Gasteiger partial charge < -0.3 is 0 Å². The van der Waals surface area contributed by atoms with E-state index in [4.69, 9.17) is 11.8 Å². The quantitative estimate of drug-likeness (QED) is 0.588. The lowest BCUT2D eigenvalue weighted by molar-refractivity contribution is -0.125. The van der Waals surface area contributed by atoms with Gasteiger partial charge in [0.1, 0.15) is 0 Å². The van der Waals surface area contributed by atoms with Gasteiger partial charge in [0.15, 0.2) is 5.78 Å². The average Bonchev–Trinajstić information content (AvgIpc) is 2.74. The molecule has 3 rings (SSSR count). The SMILES string of the molecule is CC1(C)[C@@H]2CC[C@]1(C)C(=O)/C2=C\N(Cl)c1ccccc1. The van der Waals surface area contributed by atoms with Crippen LogP contribution < -0.4 is 4.42 Å². The average molecular weight is 290 g/mol. The lowest BCUT2D eigenvalue weighted by Crippen LogP contribution is -2.32. The van der Waals surface area contributed by atoms with Crippen LogP contribution >= 0.6 is 11.8 Å². The number of para-hydroxylation sites is 1. The first-order valence-electron chi connectivity index (χ1n) is 7.14. The van der Waals surface area contributed by atoms with Crippen LogP contribution in [-0.2, 0) is 4.79 Å². The van der Waals surface area contributed by atoms with Crippen molar-refractivity contribution in [2.75, 3.05) is 4.42 Å². The van der Waals surface area contributed by atoms with Gasteiger partial charge in [-0.3, -0.25) is 9.21 Å². The van der Waals surface area contributed by atoms with Crippen LogP contribution in [0.5, 0.6) is 0 Å². The van der Waals surface area contributed by atoms with E-state index in [-0.39, 0.29) is 16.6 Å². The number of halogens is 1. The molecule has 0 aromatic heterocycles. The number of allylic oxidation sites excluding steroid dienone is 1. The second-order valence-corrected chi connectivity index (χ2v) is 7.07. The van der Waals surface area contributed by atoms with E-state index in [1.807, 2.05) is 36.5 Å². The summed E-state index contributed by atoms with van der Waals surface area (Å²) in [5.74, 6) is 0.602. The van der Waals surface area contributed by atoms with E-state index in [0.29, 0.717) is 5.92 Å². The van der Waals surface area contributed by atoms with Gasteiger partial charge in [-0.2, -0.15) is 0 Å². The lowest BCUT2D eigenvalue weighted by Gasteiger charge is -2.31. The van der Waals surface area contributed by atoms with Gasteiger partial charge in [0.05, 0.1) is 5.69 Å². The molecule has 0 amide bonds. The molecule has 0 heterocycles. The number of rotatable bonds is 2. The van der Waals surface area contributed by atoms with Crippen molar-refractivity contribution in [1.29, 1.82) is 0 Å². The summed E-state index contributed by atoms with van der Waals surface area (Å²) in [7, 11) is 0. The third kappa shape index (κ3) is 1.67. The maximum absolute atomic E-state index is 12.7. The second kappa shape index (κ2) is 4.36. The summed E-state index contributed by atoms with van der Waals surface area (Å²) in [6.45, 7) is 6.53. The van der Waals surface area contributed by atoms with Crippen molar-refractivity contribution in [1.82, 2.24) is 0 Å². The number of anilines is 1. The molecule has 106 valence electrons. The number of carbonyl (C=O) groups excluding carboxylic acids is 1. The topological polar surface area (TPSA) is 20.3 Å². The standard InChI is InChI=1S/C17H20ClNO/c1-16(2)14-9-10-17(16,3)15(20)13(14)11-19(18)12-7-5-4-6-8-12/h4-8,11,14H,9-10H2,1-3H3/b13-11-/t14-,17-/m1/s1. The number of benzene rings is 1. The smallest absolute Gasteiger partial charge is 0.167 e. The van der Waals surface area contributed by atoms with Crippen molar-refractivity contribution in [2.45, 2.75) is 33.6 Å². The number of fused-ring (bicyclic) bond motifs is 2. The number of nitrogens with zero attached hydrogens (tertiary/aromatic N) is 1. The molecule has 2 nitrogen and oxygen atoms in total. The maximum atomic E-state index is 12.7. The van der Waals surface area contributed by atoms with Gasteiger partial charge in [-0.1, -0.05) is 39.0 Å². The Labute approximate surface area is 125 Å². The summed E-state index contributed by atoms with van der Waals surface area (Å²) >= 11 is 6.33. The molecule has 2 atom stereocenters. The Balaban J connectivity index is 1.96. The van der Waals surface area contributed by atoms with Crippen molar-refractivity contribution < 1.29 is 4.79 Å². The van der Waals surface area contributed by atoms with Crippen LogP contribution in [0.1, 0.15) is 33.6 Å². The molecule has 0 unspecified atom stereocenters. The Kier molecular flexibility index (Phi) is 2.98. The molecule has 20 heavy (non-hydrogen) atoms. The Hall–Kier alpha value is -1.28. The minimum Gasteiger partial charge on any atom is -0.294 e. The zero-order valence-electron chi connectivity index (χ0n) is 12.2. The van der Waals surface area contributed by atoms with E-state index < -0.39 is 0 Å². The normalized spacial score (nSPS) is 32.9. The number of hydrogen-bond acceptors (Lipinski definition) is 2. The molecule has 2 fully saturated rings. The van der Waals surface area contributed by atoms with Crippen molar-refractivity contribution in [2.24, 2.45) is 16.7 Å². The zero-order chi connectivity index (χ0) is 14.5. The Morgan fingerprint density at radius 3 is 2.45 bits per heavy atom. The number of carbonyl (C=O) groups is 1. The molecular weight excluding hydrogens is 270 g/mol. The van der Waals surface area contributed by atoms with Crippen LogP contribution in [0, 0.1) is 16.7 Å². The first-order valence-corrected chi connectivity index (χ1v) is 7.48. The van der Waals surface area contributed by atoms with E-state index >= 15 is 0 Å². The van der Waals surface area contributed by atoms with Gasteiger partial charge in [0.2, 0.25) is 0 Å². The Morgan fingerprint density at radius 2 is 1.90 bits per heavy atom. The molecule has 2 saturated carbocycles. The third-order valence-corrected chi connectivity index (χ3v) is 5.91. The van der Waals surface area contributed by atoms with Crippen molar-refractivity contribution >= 4 is 23.2 Å². The predicted octanol–water partition coefficient (Wildman–Crippen LogP) is 4.56. The molecular formula is C17H20ClNO. The van der Waals surface area contributed by atoms with E-state index in [2.05, 4.69) is 20.8 Å². The maximum Gasteiger partial charge on any atom is 0.167 e. The fraction of sp³-hybridized carbons (Fsp3) is 0.471. The molecule has 1 aromatic rings. The van der Waals surface area contributed by atoms with Gasteiger partial charge in [-0.05, 0) is 36.3 Å². The minimum absolute atomic E-state index is 0.0321. The summed E-state index contributed by atoms with van der Waals surface area (Å²) in [5.41, 5.74) is 1.59. The van der Waals surface area contributed by atoms with Crippen LogP contribution in [0.3, 0.4) is 0 Å². The van der Waals surface area contributed by atoms with Crippen molar-refractivity contribution in [3.05, 3.63) is 42.1 Å². The van der Waals surface area contributed by atoms with Crippen molar-refractivity contribution in [3.63, 3.8) is 0 Å². The van der Waals surface area contributed by atoms with Crippen LogP contribution in [0.15, 0.2) is 42.1 Å². The highest BCUT2D eigenvalue weighted by molar-refractivity contribution is 6.27. The summed E-state index contributed by atoms with van der Waals surface area (Å²) in [6, 6.07) is 9.71. The molecule has 2 bridgehead atoms. The molecule has 3 heteroatoms. The molecule has 2 aliphatic carbocycles. The van der Waals surface area contributed by atoms with Gasteiger partial charge in [-0.25, -0.2) is 0 Å². The summed E-state index contributed by atoms with van der Waals surface area (Å²) in [4.78, 5) is 12.7. The van der Waals surface area contributed by atoms with Crippen molar-refractivity contribution in [3.8, 4) is 0 Å². The highest BCUT2D eigenvalue weighted by atomic mass is 35.5. The highest BCUT2D eigenvalue weighted by Crippen LogP contribution is 2.65. The van der Waals surface area contributed by atoms with Crippen LogP contribution in [0.2, 0.25) is 0 Å². The fourth-order valence-electron chi connectivity index (χ4n) is 3.84. The zero-order valence-corrected chi connectivity index (χ0v) is 12.9. The fourth-order valence-corrected chi connectivity index (χ4v) is 4.06. The molecule has 0 radical (unpaired) electrons. The first-order chi connectivity index (χ1) is 9.38. The summed E-state index contributed by atoms with van der Waals surface area (Å²) in [6.07, 6.45) is 3.91. The van der Waals surface area contributed by atoms with Gasteiger partial charge in [-0.15, -0.1) is 0 Å². The summed E-state index contributed by atoms with van der Waals surface area (Å²) < 4.78 is 1.55. The Morgan fingerprint density at radius 1 is 1.25 bits per heavy atom. The third-order valence-electron chi connectivity index (χ3n) is 5.62. The molecule has 2 aliphatic rings. The van der Waals surface area contributed by atoms with Gasteiger partial charge in [0.25, 0.3) is 0 Å². The molecule has 0 N–H and O–H groups in total. The predicted molar refractivity (Wildman–Crippen MR) is 82.5 cm³/mol. The Bertz CT molecular complexity index is 578. The molecule has 0 spiro atoms.